The molecule has 0 saturated carbocycles. The second-order valence-electron chi connectivity index (χ2n) is 11.6. The lowest BCUT2D eigenvalue weighted by Gasteiger charge is -2.16. The van der Waals surface area contributed by atoms with Gasteiger partial charge in [0.2, 0.25) is 0 Å². The molecule has 0 unspecified atom stereocenters. The zero-order valence-electron chi connectivity index (χ0n) is 24.6. The summed E-state index contributed by atoms with van der Waals surface area (Å²) in [5.74, 6) is -0.885. The van der Waals surface area contributed by atoms with Gasteiger partial charge in [0.25, 0.3) is 5.91 Å². The van der Waals surface area contributed by atoms with Crippen molar-refractivity contribution in [3.05, 3.63) is 116 Å². The molecule has 0 aliphatic carbocycles. The molecule has 8 rings (SSSR count). The molecule has 1 saturated heterocycles. The van der Waals surface area contributed by atoms with E-state index in [4.69, 9.17) is 21.1 Å². The Labute approximate surface area is 275 Å². The number of amides is 1. The molecule has 2 N–H and O–H groups in total. The average Bonchev–Trinajstić information content (AvgIpc) is 3.87. The van der Waals surface area contributed by atoms with E-state index < -0.39 is 11.6 Å². The normalized spacial score (nSPS) is 15.4. The number of pyridine rings is 2. The lowest BCUT2D eigenvalue weighted by Crippen LogP contribution is -2.22. The Kier molecular flexibility index (Phi) is 7.33. The van der Waals surface area contributed by atoms with E-state index in [1.807, 2.05) is 17.0 Å². The molecule has 0 spiro atoms. The number of carbonyl (C=O) groups is 1. The Morgan fingerprint density at radius 2 is 1.85 bits per heavy atom. The van der Waals surface area contributed by atoms with Gasteiger partial charge in [0.15, 0.2) is 5.82 Å². The second-order valence-corrected chi connectivity index (χ2v) is 13.0. The van der Waals surface area contributed by atoms with Crippen molar-refractivity contribution >= 4 is 44.7 Å². The fraction of sp³-hybridized carbons (Fsp3) is 0.206. The number of benzene rings is 2. The van der Waals surface area contributed by atoms with Gasteiger partial charge < -0.3 is 10.2 Å². The van der Waals surface area contributed by atoms with Crippen molar-refractivity contribution in [2.45, 2.75) is 38.3 Å². The summed E-state index contributed by atoms with van der Waals surface area (Å²) in [6.45, 7) is 0.947. The summed E-state index contributed by atoms with van der Waals surface area (Å²) in [4.78, 5) is 41.3. The van der Waals surface area contributed by atoms with Gasteiger partial charge in [-0.05, 0) is 78.6 Å². The monoisotopic (exact) mass is 670 g/mol. The number of carbonyl (C=O) groups excluding carboxylic acids is 1. The number of anilines is 1. The average molecular weight is 671 g/mol. The van der Waals surface area contributed by atoms with Gasteiger partial charge in [-0.25, -0.2) is 18.6 Å². The van der Waals surface area contributed by atoms with Crippen molar-refractivity contribution in [3.8, 4) is 21.8 Å². The number of nitrogens with zero attached hydrogens (tertiary/aromatic N) is 4. The predicted octanol–water partition coefficient (Wildman–Crippen LogP) is 7.32. The minimum atomic E-state index is -0.728. The molecule has 6 heterocycles. The van der Waals surface area contributed by atoms with E-state index in [-0.39, 0.29) is 28.6 Å². The molecule has 1 atom stereocenters. The first kappa shape index (κ1) is 29.5. The Morgan fingerprint density at radius 1 is 1.02 bits per heavy atom. The third kappa shape index (κ3) is 5.27. The Hall–Kier alpha value is -4.94. The molecule has 2 aliphatic rings. The Balaban J connectivity index is 1.28. The molecule has 1 fully saturated rings. The fourth-order valence-electron chi connectivity index (χ4n) is 6.53. The van der Waals surface area contributed by atoms with Crippen LogP contribution in [-0.2, 0) is 19.4 Å². The maximum atomic E-state index is 14.1. The smallest absolute Gasteiger partial charge is 0.365 e. The summed E-state index contributed by atoms with van der Waals surface area (Å²) < 4.78 is 33.5. The first-order valence-electron chi connectivity index (χ1n) is 15.1. The molecular weight excluding hydrogens is 646 g/mol. The van der Waals surface area contributed by atoms with Crippen LogP contribution in [0.15, 0.2) is 70.1 Å². The molecular formula is C34H25ClF2N6O3S. The van der Waals surface area contributed by atoms with Crippen LogP contribution >= 0.6 is 22.9 Å². The number of fused-ring (bicyclic) bond motifs is 4. The quantitative estimate of drug-likeness (QED) is 0.174. The molecule has 1 amide bonds. The van der Waals surface area contributed by atoms with Gasteiger partial charge in [-0.15, -0.1) is 11.3 Å². The fourth-order valence-corrected chi connectivity index (χ4v) is 7.83. The van der Waals surface area contributed by atoms with Crippen LogP contribution in [0.5, 0.6) is 0 Å². The van der Waals surface area contributed by atoms with Crippen LogP contribution in [-0.4, -0.2) is 37.5 Å². The van der Waals surface area contributed by atoms with Gasteiger partial charge >= 0.3 is 5.76 Å². The zero-order chi connectivity index (χ0) is 32.2. The van der Waals surface area contributed by atoms with E-state index >= 15 is 0 Å². The number of rotatable bonds is 8. The molecule has 2 aromatic carbocycles. The van der Waals surface area contributed by atoms with Crippen molar-refractivity contribution in [1.82, 2.24) is 25.0 Å². The molecule has 236 valence electrons. The number of halogens is 3. The minimum Gasteiger partial charge on any atom is -0.365 e. The molecule has 0 radical (unpaired) electrons. The predicted molar refractivity (Wildman–Crippen MR) is 175 cm³/mol. The van der Waals surface area contributed by atoms with E-state index in [0.29, 0.717) is 65.4 Å². The number of H-pyrrole nitrogens is 1. The van der Waals surface area contributed by atoms with Crippen LogP contribution in [0.1, 0.15) is 51.8 Å². The van der Waals surface area contributed by atoms with Gasteiger partial charge in [-0.3, -0.25) is 19.3 Å². The van der Waals surface area contributed by atoms with Gasteiger partial charge in [-0.2, -0.15) is 0 Å². The molecule has 47 heavy (non-hydrogen) atoms. The minimum absolute atomic E-state index is 0.0538. The van der Waals surface area contributed by atoms with E-state index in [9.17, 15) is 18.4 Å². The van der Waals surface area contributed by atoms with E-state index in [1.165, 1.54) is 35.6 Å². The van der Waals surface area contributed by atoms with Crippen LogP contribution in [0, 0.1) is 11.6 Å². The molecule has 13 heteroatoms. The van der Waals surface area contributed by atoms with E-state index in [2.05, 4.69) is 20.4 Å². The highest BCUT2D eigenvalue weighted by Gasteiger charge is 2.44. The molecule has 0 bridgehead atoms. The van der Waals surface area contributed by atoms with Gasteiger partial charge in [0.1, 0.15) is 17.5 Å². The largest absolute Gasteiger partial charge is 0.439 e. The number of aromatic nitrogens is 4. The summed E-state index contributed by atoms with van der Waals surface area (Å²) >= 11 is 7.31. The number of hydrogen-bond donors (Lipinski definition) is 2. The third-order valence-electron chi connectivity index (χ3n) is 8.71. The summed E-state index contributed by atoms with van der Waals surface area (Å²) in [6.07, 6.45) is 4.36. The van der Waals surface area contributed by atoms with E-state index in [1.54, 1.807) is 24.4 Å². The van der Waals surface area contributed by atoms with Crippen molar-refractivity contribution in [2.75, 3.05) is 11.9 Å². The second kappa shape index (κ2) is 11.7. The lowest BCUT2D eigenvalue weighted by molar-refractivity contribution is 0.0776. The number of aryl methyl sites for hydroxylation is 2. The van der Waals surface area contributed by atoms with E-state index in [0.717, 1.165) is 33.4 Å². The summed E-state index contributed by atoms with van der Waals surface area (Å²) in [7, 11) is 0. The van der Waals surface area contributed by atoms with Crippen molar-refractivity contribution in [1.29, 1.82) is 0 Å². The summed E-state index contributed by atoms with van der Waals surface area (Å²) in [5, 5.41) is 8.30. The highest BCUT2D eigenvalue weighted by Crippen LogP contribution is 2.50. The molecule has 6 aromatic rings. The van der Waals surface area contributed by atoms with Crippen molar-refractivity contribution in [3.63, 3.8) is 0 Å². The van der Waals surface area contributed by atoms with Gasteiger partial charge in [0, 0.05) is 29.7 Å². The summed E-state index contributed by atoms with van der Waals surface area (Å²) in [5.41, 5.74) is 4.60. The molecule has 4 aromatic heterocycles. The molecule has 9 nitrogen and oxygen atoms in total. The van der Waals surface area contributed by atoms with Gasteiger partial charge in [-0.1, -0.05) is 35.0 Å². The SMILES string of the molecule is O=C1c2c(nc(CCc3ccc(F)cc3)c(-c3noc(=O)[nH]3)c2-c2cc3ccnc(NCc4ccc(Cl)c(F)c4)c3s2)[C@@H]2CCCN12. The van der Waals surface area contributed by atoms with Crippen molar-refractivity contribution in [2.24, 2.45) is 0 Å². The lowest BCUT2D eigenvalue weighted by atomic mass is 9.92. The van der Waals surface area contributed by atoms with Crippen molar-refractivity contribution < 1.29 is 18.1 Å². The highest BCUT2D eigenvalue weighted by atomic mass is 35.5. The van der Waals surface area contributed by atoms with Crippen LogP contribution in [0.3, 0.4) is 0 Å². The highest BCUT2D eigenvalue weighted by molar-refractivity contribution is 7.23. The first-order chi connectivity index (χ1) is 22.8. The first-order valence-corrected chi connectivity index (χ1v) is 16.3. The summed E-state index contributed by atoms with van der Waals surface area (Å²) in [6, 6.07) is 14.7. The number of hydrogen-bond acceptors (Lipinski definition) is 8. The Bertz CT molecular complexity index is 2250. The van der Waals surface area contributed by atoms with Gasteiger partial charge in [0.05, 0.1) is 38.3 Å². The topological polar surface area (TPSA) is 117 Å². The van der Waals surface area contributed by atoms with Crippen LogP contribution in [0.2, 0.25) is 5.02 Å². The van der Waals surface area contributed by atoms with Crippen LogP contribution in [0.25, 0.3) is 31.9 Å². The number of aromatic amines is 1. The maximum absolute atomic E-state index is 14.1. The van der Waals surface area contributed by atoms with Crippen LogP contribution < -0.4 is 11.1 Å². The standard InChI is InChI=1S/C34H25ClF2N6O3S/c35-21-9-5-18(14-22(21)37)16-39-32-30-19(11-12-38-32)15-25(47-30)27-26(31-41-34(45)46-42-31)23(10-6-17-3-7-20(36)8-4-17)40-29-24-2-1-13-43(24)33(44)28(27)29/h3-5,7-9,11-12,14-15,24H,1-2,6,10,13,16H2,(H,38,39)(H,41,42,45)/t24-/m0/s1. The van der Waals surface area contributed by atoms with Crippen LogP contribution in [0.4, 0.5) is 14.6 Å². The third-order valence-corrected chi connectivity index (χ3v) is 10.2. The molecule has 2 aliphatic heterocycles. The number of thiophene rings is 1. The zero-order valence-corrected chi connectivity index (χ0v) is 26.2. The Morgan fingerprint density at radius 3 is 2.64 bits per heavy atom. The maximum Gasteiger partial charge on any atom is 0.439 e. The number of nitrogens with one attached hydrogen (secondary N) is 2.